The molecule has 0 saturated carbocycles. The van der Waals surface area contributed by atoms with Crippen molar-refractivity contribution in [2.24, 2.45) is 0 Å². The van der Waals surface area contributed by atoms with Crippen LogP contribution in [0.5, 0.6) is 0 Å². The third-order valence-electron chi connectivity index (χ3n) is 2.70. The topological polar surface area (TPSA) is 30.2 Å². The molecule has 1 aromatic carbocycles. The van der Waals surface area contributed by atoms with Crippen LogP contribution in [0.2, 0.25) is 5.02 Å². The molecule has 2 aromatic heterocycles. The Morgan fingerprint density at radius 1 is 1.12 bits per heavy atom. The van der Waals surface area contributed by atoms with Gasteiger partial charge in [0.1, 0.15) is 0 Å². The second kappa shape index (κ2) is 3.86. The van der Waals surface area contributed by atoms with Gasteiger partial charge in [0.15, 0.2) is 11.5 Å². The van der Waals surface area contributed by atoms with Crippen LogP contribution in [-0.2, 0) is 0 Å². The minimum absolute atomic E-state index is 0.611. The molecule has 0 bridgehead atoms. The van der Waals surface area contributed by atoms with Gasteiger partial charge in [0.25, 0.3) is 0 Å². The van der Waals surface area contributed by atoms with Crippen LogP contribution in [0.3, 0.4) is 0 Å². The third-order valence-corrected chi connectivity index (χ3v) is 3.00. The van der Waals surface area contributed by atoms with Crippen LogP contribution >= 0.6 is 11.6 Å². The van der Waals surface area contributed by atoms with Crippen molar-refractivity contribution < 1.29 is 0 Å². The largest absolute Gasteiger partial charge is 0.219 e. The van der Waals surface area contributed by atoms with E-state index in [4.69, 9.17) is 11.6 Å². The molecule has 0 saturated heterocycles. The first-order valence-electron chi connectivity index (χ1n) is 5.32. The molecule has 84 valence electrons. The Bertz CT molecular complexity index is 688. The maximum absolute atomic E-state index is 6.07. The summed E-state index contributed by atoms with van der Waals surface area (Å²) >= 11 is 6.07. The number of pyridine rings is 1. The Kier molecular flexibility index (Phi) is 2.34. The summed E-state index contributed by atoms with van der Waals surface area (Å²) in [5, 5.41) is 5.04. The number of hydrogen-bond acceptors (Lipinski definition) is 2. The van der Waals surface area contributed by atoms with Crippen molar-refractivity contribution in [1.82, 2.24) is 14.6 Å². The summed E-state index contributed by atoms with van der Waals surface area (Å²) in [5.41, 5.74) is 2.87. The summed E-state index contributed by atoms with van der Waals surface area (Å²) in [4.78, 5) is 4.46. The summed E-state index contributed by atoms with van der Waals surface area (Å²) in [7, 11) is 0. The lowest BCUT2D eigenvalue weighted by Gasteiger charge is -1.98. The van der Waals surface area contributed by atoms with E-state index in [2.05, 4.69) is 10.1 Å². The van der Waals surface area contributed by atoms with Crippen molar-refractivity contribution >= 4 is 17.2 Å². The summed E-state index contributed by atoms with van der Waals surface area (Å²) < 4.78 is 1.70. The Balaban J connectivity index is 2.26. The number of rotatable bonds is 1. The number of fused-ring (bicyclic) bond motifs is 1. The van der Waals surface area contributed by atoms with E-state index in [1.807, 2.05) is 49.5 Å². The van der Waals surface area contributed by atoms with Crippen LogP contribution in [0.1, 0.15) is 5.56 Å². The average Bonchev–Trinajstić information content (AvgIpc) is 2.75. The van der Waals surface area contributed by atoms with Crippen LogP contribution in [0.25, 0.3) is 17.0 Å². The lowest BCUT2D eigenvalue weighted by molar-refractivity contribution is 0.965. The van der Waals surface area contributed by atoms with Crippen molar-refractivity contribution in [3.63, 3.8) is 0 Å². The van der Waals surface area contributed by atoms with E-state index >= 15 is 0 Å². The molecule has 3 nitrogen and oxygen atoms in total. The quantitative estimate of drug-likeness (QED) is 0.656. The molecular formula is C13H10ClN3. The highest BCUT2D eigenvalue weighted by Crippen LogP contribution is 2.22. The maximum atomic E-state index is 6.07. The molecule has 0 fully saturated rings. The monoisotopic (exact) mass is 243 g/mol. The zero-order valence-corrected chi connectivity index (χ0v) is 10.0. The summed E-state index contributed by atoms with van der Waals surface area (Å²) in [6.45, 7) is 2.04. The number of aryl methyl sites for hydroxylation is 1. The van der Waals surface area contributed by atoms with Gasteiger partial charge in [0.05, 0.1) is 5.02 Å². The van der Waals surface area contributed by atoms with E-state index in [0.29, 0.717) is 16.5 Å². The Morgan fingerprint density at radius 3 is 2.71 bits per heavy atom. The van der Waals surface area contributed by atoms with Gasteiger partial charge in [0.2, 0.25) is 0 Å². The fourth-order valence-corrected chi connectivity index (χ4v) is 2.01. The Hall–Kier alpha value is -1.87. The summed E-state index contributed by atoms with van der Waals surface area (Å²) in [6.07, 6.45) is 1.84. The Morgan fingerprint density at radius 2 is 1.94 bits per heavy atom. The molecule has 0 radical (unpaired) electrons. The number of aromatic nitrogens is 3. The summed E-state index contributed by atoms with van der Waals surface area (Å²) in [6, 6.07) is 11.7. The molecule has 0 spiro atoms. The molecule has 0 unspecified atom stereocenters. The first-order valence-corrected chi connectivity index (χ1v) is 5.70. The predicted octanol–water partition coefficient (Wildman–Crippen LogP) is 3.36. The lowest BCUT2D eigenvalue weighted by Crippen LogP contribution is -1.87. The molecule has 0 aliphatic heterocycles. The van der Waals surface area contributed by atoms with Gasteiger partial charge in [-0.25, -0.2) is 9.50 Å². The highest BCUT2D eigenvalue weighted by atomic mass is 35.5. The number of hydrogen-bond donors (Lipinski definition) is 0. The smallest absolute Gasteiger partial charge is 0.182 e. The molecule has 0 amide bonds. The van der Waals surface area contributed by atoms with E-state index in [9.17, 15) is 0 Å². The Labute approximate surface area is 104 Å². The number of halogens is 1. The molecule has 3 rings (SSSR count). The fourth-order valence-electron chi connectivity index (χ4n) is 1.81. The molecule has 0 aliphatic rings. The predicted molar refractivity (Wildman–Crippen MR) is 68.2 cm³/mol. The third kappa shape index (κ3) is 1.68. The van der Waals surface area contributed by atoms with E-state index in [0.717, 1.165) is 11.1 Å². The number of benzene rings is 1. The average molecular weight is 244 g/mol. The van der Waals surface area contributed by atoms with Crippen molar-refractivity contribution in [2.45, 2.75) is 6.92 Å². The molecule has 0 aliphatic carbocycles. The molecule has 0 N–H and O–H groups in total. The van der Waals surface area contributed by atoms with Crippen molar-refractivity contribution in [3.8, 4) is 11.4 Å². The van der Waals surface area contributed by atoms with Crippen molar-refractivity contribution in [2.75, 3.05) is 0 Å². The van der Waals surface area contributed by atoms with Crippen LogP contribution < -0.4 is 0 Å². The second-order valence-electron chi connectivity index (χ2n) is 3.87. The minimum atomic E-state index is 0.611. The highest BCUT2D eigenvalue weighted by molar-refractivity contribution is 6.33. The lowest BCUT2D eigenvalue weighted by atomic mass is 10.1. The second-order valence-corrected chi connectivity index (χ2v) is 4.28. The highest BCUT2D eigenvalue weighted by Gasteiger charge is 2.09. The molecule has 2 heterocycles. The fraction of sp³-hybridized carbons (Fsp3) is 0.0769. The normalized spacial score (nSPS) is 10.9. The van der Waals surface area contributed by atoms with Crippen molar-refractivity contribution in [3.05, 3.63) is 53.2 Å². The zero-order valence-electron chi connectivity index (χ0n) is 9.26. The van der Waals surface area contributed by atoms with Crippen LogP contribution in [0.15, 0.2) is 42.6 Å². The van der Waals surface area contributed by atoms with E-state index in [1.165, 1.54) is 0 Å². The molecule has 3 aromatic rings. The van der Waals surface area contributed by atoms with Crippen LogP contribution in [0, 0.1) is 6.92 Å². The zero-order chi connectivity index (χ0) is 11.8. The molecule has 17 heavy (non-hydrogen) atoms. The van der Waals surface area contributed by atoms with Gasteiger partial charge in [-0.3, -0.25) is 0 Å². The van der Waals surface area contributed by atoms with Gasteiger partial charge >= 0.3 is 0 Å². The summed E-state index contributed by atoms with van der Waals surface area (Å²) in [5.74, 6) is 0.705. The van der Waals surface area contributed by atoms with Crippen molar-refractivity contribution in [1.29, 1.82) is 0 Å². The molecular weight excluding hydrogens is 234 g/mol. The van der Waals surface area contributed by atoms with E-state index in [-0.39, 0.29) is 0 Å². The van der Waals surface area contributed by atoms with Gasteiger partial charge < -0.3 is 0 Å². The maximum Gasteiger partial charge on any atom is 0.182 e. The minimum Gasteiger partial charge on any atom is -0.219 e. The molecule has 4 heteroatoms. The number of nitrogens with zero attached hydrogens (tertiary/aromatic N) is 3. The standard InChI is InChI=1S/C13H10ClN3/c1-9-5-2-3-6-10(9)12-15-13-11(14)7-4-8-17(13)16-12/h2-8H,1H3. The van der Waals surface area contributed by atoms with E-state index in [1.54, 1.807) is 4.52 Å². The van der Waals surface area contributed by atoms with Gasteiger partial charge in [-0.2, -0.15) is 0 Å². The first-order chi connectivity index (χ1) is 8.25. The first kappa shape index (κ1) is 10.3. The SMILES string of the molecule is Cc1ccccc1-c1nc2c(Cl)cccn2n1. The van der Waals surface area contributed by atoms with Gasteiger partial charge in [-0.15, -0.1) is 5.10 Å². The van der Waals surface area contributed by atoms with Gasteiger partial charge in [-0.1, -0.05) is 35.9 Å². The van der Waals surface area contributed by atoms with Gasteiger partial charge in [-0.05, 0) is 24.6 Å². The van der Waals surface area contributed by atoms with Crippen LogP contribution in [0.4, 0.5) is 0 Å². The van der Waals surface area contributed by atoms with E-state index < -0.39 is 0 Å². The van der Waals surface area contributed by atoms with Crippen LogP contribution in [-0.4, -0.2) is 14.6 Å². The van der Waals surface area contributed by atoms with Gasteiger partial charge in [0, 0.05) is 11.8 Å². The molecule has 0 atom stereocenters.